The van der Waals surface area contributed by atoms with Crippen molar-refractivity contribution in [1.82, 2.24) is 0 Å². The number of hydrogen-bond acceptors (Lipinski definition) is 0. The van der Waals surface area contributed by atoms with E-state index in [-0.39, 0.29) is 0 Å². The molecule has 2 unspecified atom stereocenters. The first kappa shape index (κ1) is 22.9. The zero-order chi connectivity index (χ0) is 16.5. The molecule has 0 nitrogen and oxygen atoms in total. The highest BCUT2D eigenvalue weighted by Gasteiger charge is 2.10. The van der Waals surface area contributed by atoms with Crippen LogP contribution in [0.25, 0.3) is 0 Å². The summed E-state index contributed by atoms with van der Waals surface area (Å²) in [6.07, 6.45) is 23.9. The Hall–Kier alpha value is 0.860. The molecule has 22 heavy (non-hydrogen) atoms. The monoisotopic (exact) mass is 346 g/mol. The van der Waals surface area contributed by atoms with Gasteiger partial charge in [0.05, 0.1) is 0 Å². The van der Waals surface area contributed by atoms with Gasteiger partial charge in [0.1, 0.15) is 0 Å². The fourth-order valence-electron chi connectivity index (χ4n) is 3.02. The molecule has 0 rings (SSSR count). The Bertz CT molecular complexity index is 184. The summed E-state index contributed by atoms with van der Waals surface area (Å²) >= 11 is 0. The summed E-state index contributed by atoms with van der Waals surface area (Å²) < 4.78 is 0. The van der Waals surface area contributed by atoms with Crippen LogP contribution in [0.2, 0.25) is 0 Å². The molecule has 2 heteroatoms. The molecule has 0 bridgehead atoms. The number of rotatable bonds is 17. The molecule has 0 aliphatic carbocycles. The molecule has 2 atom stereocenters. The van der Waals surface area contributed by atoms with Crippen LogP contribution in [0.4, 0.5) is 0 Å². The molecule has 0 radical (unpaired) electrons. The third kappa shape index (κ3) is 14.5. The highest BCUT2D eigenvalue weighted by molar-refractivity contribution is 7.61. The van der Waals surface area contributed by atoms with E-state index in [1.807, 2.05) is 0 Å². The first-order valence-corrected chi connectivity index (χ1v) is 14.0. The minimum Gasteiger partial charge on any atom is -0.107 e. The smallest absolute Gasteiger partial charge is 0.0286 e. The third-order valence-corrected chi connectivity index (χ3v) is 10.5. The lowest BCUT2D eigenvalue weighted by Gasteiger charge is -2.21. The summed E-state index contributed by atoms with van der Waals surface area (Å²) in [4.78, 5) is 0. The average molecular weight is 347 g/mol. The third-order valence-electron chi connectivity index (χ3n) is 4.78. The predicted molar refractivity (Wildman–Crippen MR) is 112 cm³/mol. The van der Waals surface area contributed by atoms with E-state index < -0.39 is 0 Å². The molecule has 0 fully saturated rings. The quantitative estimate of drug-likeness (QED) is 0.185. The molecule has 0 aliphatic rings. The minimum absolute atomic E-state index is 0.374. The van der Waals surface area contributed by atoms with Gasteiger partial charge < -0.3 is 0 Å². The Morgan fingerprint density at radius 3 is 1.09 bits per heavy atom. The van der Waals surface area contributed by atoms with Crippen molar-refractivity contribution in [2.45, 2.75) is 91.9 Å². The molecular weight excluding hydrogens is 302 g/mol. The topological polar surface area (TPSA) is 0 Å². The van der Waals surface area contributed by atoms with Crippen LogP contribution in [0.3, 0.4) is 0 Å². The molecule has 0 aromatic heterocycles. The molecule has 0 amide bonds. The number of hydrogen-bond donors (Lipinski definition) is 0. The maximum atomic E-state index is 2.44. The molecule has 0 aromatic carbocycles. The van der Waals surface area contributed by atoms with Crippen LogP contribution in [0, 0.1) is 0 Å². The molecule has 0 spiro atoms. The molecule has 0 saturated heterocycles. The minimum atomic E-state index is 0.374. The van der Waals surface area contributed by atoms with Gasteiger partial charge in [0.2, 0.25) is 0 Å². The van der Waals surface area contributed by atoms with Gasteiger partial charge in [0.15, 0.2) is 0 Å². The second kappa shape index (κ2) is 18.2. The van der Waals surface area contributed by atoms with Crippen molar-refractivity contribution in [2.75, 3.05) is 37.0 Å². The molecule has 0 saturated carbocycles. The van der Waals surface area contributed by atoms with Crippen LogP contribution in [0.15, 0.2) is 0 Å². The van der Waals surface area contributed by atoms with Crippen molar-refractivity contribution in [1.29, 1.82) is 0 Å². The van der Waals surface area contributed by atoms with E-state index >= 15 is 0 Å². The fourth-order valence-corrected chi connectivity index (χ4v) is 8.33. The van der Waals surface area contributed by atoms with Gasteiger partial charge in [-0.25, -0.2) is 0 Å². The molecule has 0 heterocycles. The Balaban J connectivity index is 3.68. The number of unbranched alkanes of at least 4 members (excludes halogenated alkanes) is 8. The molecular formula is C20H44P2. The first-order valence-electron chi connectivity index (χ1n) is 10.2. The van der Waals surface area contributed by atoms with Gasteiger partial charge in [0.25, 0.3) is 0 Å². The molecule has 0 aromatic rings. The molecule has 134 valence electrons. The predicted octanol–water partition coefficient (Wildman–Crippen LogP) is 7.93. The largest absolute Gasteiger partial charge is 0.107 e. The summed E-state index contributed by atoms with van der Waals surface area (Å²) in [7, 11) is 0.749. The maximum Gasteiger partial charge on any atom is -0.0286 e. The van der Waals surface area contributed by atoms with Crippen LogP contribution in [-0.2, 0) is 0 Å². The van der Waals surface area contributed by atoms with E-state index in [1.54, 1.807) is 24.6 Å². The van der Waals surface area contributed by atoms with Crippen LogP contribution >= 0.6 is 15.8 Å². The van der Waals surface area contributed by atoms with Gasteiger partial charge in [0, 0.05) is 0 Å². The lowest BCUT2D eigenvalue weighted by Crippen LogP contribution is -2.01. The van der Waals surface area contributed by atoms with E-state index in [4.69, 9.17) is 0 Å². The van der Waals surface area contributed by atoms with Gasteiger partial charge >= 0.3 is 0 Å². The Morgan fingerprint density at radius 2 is 0.773 bits per heavy atom. The molecule has 0 N–H and O–H groups in total. The Labute approximate surface area is 145 Å². The van der Waals surface area contributed by atoms with Crippen LogP contribution in [-0.4, -0.2) is 37.0 Å². The van der Waals surface area contributed by atoms with E-state index in [0.29, 0.717) is 15.8 Å². The highest BCUT2D eigenvalue weighted by Crippen LogP contribution is 2.43. The summed E-state index contributed by atoms with van der Waals surface area (Å²) in [5.74, 6) is 0. The van der Waals surface area contributed by atoms with Crippen molar-refractivity contribution in [3.05, 3.63) is 0 Å². The van der Waals surface area contributed by atoms with E-state index in [9.17, 15) is 0 Å². The van der Waals surface area contributed by atoms with Crippen molar-refractivity contribution in [3.63, 3.8) is 0 Å². The average Bonchev–Trinajstić information content (AvgIpc) is 2.55. The second-order valence-electron chi connectivity index (χ2n) is 6.70. The first-order chi connectivity index (χ1) is 10.8. The van der Waals surface area contributed by atoms with Gasteiger partial charge in [-0.2, -0.15) is 0 Å². The lowest BCUT2D eigenvalue weighted by atomic mass is 10.2. The van der Waals surface area contributed by atoms with Crippen molar-refractivity contribution >= 4 is 15.8 Å². The zero-order valence-corrected chi connectivity index (χ0v) is 18.0. The normalized spacial score (nSPS) is 14.2. The summed E-state index contributed by atoms with van der Waals surface area (Å²) in [6.45, 7) is 9.51. The lowest BCUT2D eigenvalue weighted by molar-refractivity contribution is 0.657. The van der Waals surface area contributed by atoms with Crippen molar-refractivity contribution < 1.29 is 0 Å². The Kier molecular flexibility index (Phi) is 18.9. The zero-order valence-electron chi connectivity index (χ0n) is 16.2. The fraction of sp³-hybridized carbons (Fsp3) is 1.00. The van der Waals surface area contributed by atoms with Crippen molar-refractivity contribution in [3.8, 4) is 0 Å². The van der Waals surface area contributed by atoms with Crippen molar-refractivity contribution in [2.24, 2.45) is 0 Å². The van der Waals surface area contributed by atoms with E-state index in [1.165, 1.54) is 76.5 Å². The van der Waals surface area contributed by atoms with Crippen LogP contribution in [0.1, 0.15) is 91.9 Å². The SMILES string of the molecule is CCCCCCCP(CC)CCP(CC)CCCCCCC. The van der Waals surface area contributed by atoms with E-state index in [0.717, 1.165) is 0 Å². The van der Waals surface area contributed by atoms with Crippen LogP contribution < -0.4 is 0 Å². The van der Waals surface area contributed by atoms with Gasteiger partial charge in [-0.1, -0.05) is 79.1 Å². The van der Waals surface area contributed by atoms with Crippen LogP contribution in [0.5, 0.6) is 0 Å². The molecule has 0 aliphatic heterocycles. The maximum absolute atomic E-state index is 2.44. The standard InChI is InChI=1S/C20H44P2/c1-5-9-11-13-15-17-21(7-3)19-20-22(8-4)18-16-14-12-10-6-2/h5-20H2,1-4H3. The summed E-state index contributed by atoms with van der Waals surface area (Å²) in [5.41, 5.74) is 0. The van der Waals surface area contributed by atoms with E-state index in [2.05, 4.69) is 27.7 Å². The Morgan fingerprint density at radius 1 is 0.409 bits per heavy atom. The summed E-state index contributed by atoms with van der Waals surface area (Å²) in [5, 5.41) is 0. The second-order valence-corrected chi connectivity index (χ2v) is 12.4. The highest BCUT2D eigenvalue weighted by atomic mass is 31.1. The van der Waals surface area contributed by atoms with Gasteiger partial charge in [-0.05, 0) is 49.8 Å². The summed E-state index contributed by atoms with van der Waals surface area (Å²) in [6, 6.07) is 0. The van der Waals surface area contributed by atoms with Gasteiger partial charge in [-0.3, -0.25) is 0 Å². The van der Waals surface area contributed by atoms with Gasteiger partial charge in [-0.15, -0.1) is 15.8 Å².